The number of carbonyl (C=O) groups is 1. The minimum absolute atomic E-state index is 0.163. The fraction of sp³-hybridized carbons (Fsp3) is 0.529. The molecular formula is C17H27N5OS. The number of nitrogens with one attached hydrogen (secondary N) is 2. The van der Waals surface area contributed by atoms with Crippen molar-refractivity contribution in [2.45, 2.75) is 39.8 Å². The second-order valence-corrected chi connectivity index (χ2v) is 7.39. The molecule has 24 heavy (non-hydrogen) atoms. The molecule has 0 aliphatic rings. The minimum atomic E-state index is -0.201. The SMILES string of the molecule is Cc1nn(C(C)C)c(C)c1NC(=O)NCC(c1cccs1)N(C)C. The van der Waals surface area contributed by atoms with E-state index in [1.807, 2.05) is 38.7 Å². The maximum absolute atomic E-state index is 12.3. The van der Waals surface area contributed by atoms with Gasteiger partial charge in [0, 0.05) is 17.5 Å². The van der Waals surface area contributed by atoms with Gasteiger partial charge in [0.2, 0.25) is 0 Å². The summed E-state index contributed by atoms with van der Waals surface area (Å²) >= 11 is 1.70. The molecule has 132 valence electrons. The normalized spacial score (nSPS) is 12.7. The third-order valence-corrected chi connectivity index (χ3v) is 4.98. The lowest BCUT2D eigenvalue weighted by molar-refractivity contribution is 0.244. The Hall–Kier alpha value is -1.86. The van der Waals surface area contributed by atoms with Crippen LogP contribution >= 0.6 is 11.3 Å². The number of hydrogen-bond donors (Lipinski definition) is 2. The average Bonchev–Trinajstić information content (AvgIpc) is 3.11. The van der Waals surface area contributed by atoms with Gasteiger partial charge in [-0.1, -0.05) is 6.07 Å². The first-order valence-corrected chi connectivity index (χ1v) is 8.99. The summed E-state index contributed by atoms with van der Waals surface area (Å²) in [5, 5.41) is 12.5. The molecule has 1 unspecified atom stereocenters. The average molecular weight is 350 g/mol. The van der Waals surface area contributed by atoms with Crippen LogP contribution in [0.4, 0.5) is 10.5 Å². The second kappa shape index (κ2) is 7.81. The predicted octanol–water partition coefficient (Wildman–Crippen LogP) is 3.57. The molecule has 7 heteroatoms. The number of rotatable bonds is 6. The molecule has 0 aliphatic carbocycles. The van der Waals surface area contributed by atoms with E-state index in [4.69, 9.17) is 0 Å². The van der Waals surface area contributed by atoms with Gasteiger partial charge in [-0.25, -0.2) is 4.79 Å². The molecule has 2 rings (SSSR count). The molecule has 0 spiro atoms. The van der Waals surface area contributed by atoms with E-state index in [9.17, 15) is 4.79 Å². The fourth-order valence-electron chi connectivity index (χ4n) is 2.71. The van der Waals surface area contributed by atoms with E-state index in [1.165, 1.54) is 4.88 Å². The number of aryl methyl sites for hydroxylation is 1. The maximum Gasteiger partial charge on any atom is 0.319 e. The molecule has 0 radical (unpaired) electrons. The zero-order valence-electron chi connectivity index (χ0n) is 15.3. The van der Waals surface area contributed by atoms with E-state index >= 15 is 0 Å². The van der Waals surface area contributed by atoms with Crippen molar-refractivity contribution in [1.29, 1.82) is 0 Å². The summed E-state index contributed by atoms with van der Waals surface area (Å²) in [6, 6.07) is 4.35. The standard InChI is InChI=1S/C17H27N5OS/c1-11(2)22-13(4)16(12(3)20-22)19-17(23)18-10-14(21(5)6)15-8-7-9-24-15/h7-9,11,14H,10H2,1-6H3,(H2,18,19,23). The first-order chi connectivity index (χ1) is 11.3. The molecule has 0 aromatic carbocycles. The van der Waals surface area contributed by atoms with Gasteiger partial charge in [0.15, 0.2) is 0 Å². The molecule has 2 aromatic heterocycles. The minimum Gasteiger partial charge on any atom is -0.336 e. The van der Waals surface area contributed by atoms with Crippen molar-refractivity contribution in [1.82, 2.24) is 20.0 Å². The van der Waals surface area contributed by atoms with Gasteiger partial charge in [0.25, 0.3) is 0 Å². The molecule has 2 amide bonds. The first-order valence-electron chi connectivity index (χ1n) is 8.11. The van der Waals surface area contributed by atoms with E-state index in [2.05, 4.69) is 45.9 Å². The Balaban J connectivity index is 2.01. The van der Waals surface area contributed by atoms with E-state index in [0.29, 0.717) is 6.54 Å². The van der Waals surface area contributed by atoms with E-state index in [1.54, 1.807) is 11.3 Å². The monoisotopic (exact) mass is 349 g/mol. The van der Waals surface area contributed by atoms with Crippen LogP contribution in [0.2, 0.25) is 0 Å². The number of anilines is 1. The van der Waals surface area contributed by atoms with Crippen LogP contribution in [0.5, 0.6) is 0 Å². The Bertz CT molecular complexity index is 675. The smallest absolute Gasteiger partial charge is 0.319 e. The van der Waals surface area contributed by atoms with Crippen molar-refractivity contribution < 1.29 is 4.79 Å². The molecule has 0 saturated heterocycles. The maximum atomic E-state index is 12.3. The topological polar surface area (TPSA) is 62.2 Å². The summed E-state index contributed by atoms with van der Waals surface area (Å²) in [5.74, 6) is 0. The van der Waals surface area contributed by atoms with Gasteiger partial charge < -0.3 is 15.5 Å². The fourth-order valence-corrected chi connectivity index (χ4v) is 3.63. The lowest BCUT2D eigenvalue weighted by atomic mass is 10.2. The Morgan fingerprint density at radius 3 is 2.58 bits per heavy atom. The zero-order valence-corrected chi connectivity index (χ0v) is 16.1. The largest absolute Gasteiger partial charge is 0.336 e. The van der Waals surface area contributed by atoms with Crippen LogP contribution in [0.25, 0.3) is 0 Å². The molecule has 1 atom stereocenters. The van der Waals surface area contributed by atoms with Crippen LogP contribution in [0.15, 0.2) is 17.5 Å². The van der Waals surface area contributed by atoms with Crippen molar-refractivity contribution in [2.24, 2.45) is 0 Å². The van der Waals surface area contributed by atoms with Crippen molar-refractivity contribution in [3.05, 3.63) is 33.8 Å². The number of thiophene rings is 1. The number of amides is 2. The molecule has 0 bridgehead atoms. The highest BCUT2D eigenvalue weighted by atomic mass is 32.1. The van der Waals surface area contributed by atoms with Gasteiger partial charge in [-0.15, -0.1) is 11.3 Å². The van der Waals surface area contributed by atoms with E-state index < -0.39 is 0 Å². The number of likely N-dealkylation sites (N-methyl/N-ethyl adjacent to an activating group) is 1. The number of urea groups is 1. The second-order valence-electron chi connectivity index (χ2n) is 6.41. The summed E-state index contributed by atoms with van der Waals surface area (Å²) in [7, 11) is 4.04. The quantitative estimate of drug-likeness (QED) is 0.838. The molecule has 6 nitrogen and oxygen atoms in total. The molecule has 2 heterocycles. The highest BCUT2D eigenvalue weighted by molar-refractivity contribution is 7.10. The predicted molar refractivity (Wildman–Crippen MR) is 99.9 cm³/mol. The van der Waals surface area contributed by atoms with Crippen molar-refractivity contribution >= 4 is 23.1 Å². The van der Waals surface area contributed by atoms with E-state index in [-0.39, 0.29) is 18.1 Å². The highest BCUT2D eigenvalue weighted by Gasteiger charge is 2.18. The summed E-state index contributed by atoms with van der Waals surface area (Å²) in [6.07, 6.45) is 0. The third kappa shape index (κ3) is 4.15. The Morgan fingerprint density at radius 1 is 1.38 bits per heavy atom. The van der Waals surface area contributed by atoms with Crippen LogP contribution in [0.3, 0.4) is 0 Å². The van der Waals surface area contributed by atoms with Crippen LogP contribution in [0, 0.1) is 13.8 Å². The van der Waals surface area contributed by atoms with Gasteiger partial charge in [0.1, 0.15) is 0 Å². The lowest BCUT2D eigenvalue weighted by Crippen LogP contribution is -2.36. The molecule has 2 N–H and O–H groups in total. The highest BCUT2D eigenvalue weighted by Crippen LogP contribution is 2.24. The number of carbonyl (C=O) groups excluding carboxylic acids is 1. The summed E-state index contributed by atoms with van der Waals surface area (Å²) in [5.41, 5.74) is 2.59. The number of nitrogens with zero attached hydrogens (tertiary/aromatic N) is 3. The zero-order chi connectivity index (χ0) is 17.9. The summed E-state index contributed by atoms with van der Waals surface area (Å²) in [4.78, 5) is 15.7. The van der Waals surface area contributed by atoms with Gasteiger partial charge in [-0.3, -0.25) is 4.68 Å². The van der Waals surface area contributed by atoms with Gasteiger partial charge in [-0.2, -0.15) is 5.10 Å². The van der Waals surface area contributed by atoms with Crippen molar-refractivity contribution in [3.63, 3.8) is 0 Å². The molecule has 0 saturated carbocycles. The number of hydrogen-bond acceptors (Lipinski definition) is 4. The lowest BCUT2D eigenvalue weighted by Gasteiger charge is -2.23. The summed E-state index contributed by atoms with van der Waals surface area (Å²) in [6.45, 7) is 8.59. The number of aromatic nitrogens is 2. The van der Waals surface area contributed by atoms with Crippen LogP contribution in [0.1, 0.15) is 42.2 Å². The molecule has 0 aliphatic heterocycles. The van der Waals surface area contributed by atoms with Crippen LogP contribution in [-0.2, 0) is 0 Å². The molecule has 2 aromatic rings. The van der Waals surface area contributed by atoms with Crippen molar-refractivity contribution in [3.8, 4) is 0 Å². The molecule has 0 fully saturated rings. The molecular weight excluding hydrogens is 322 g/mol. The van der Waals surface area contributed by atoms with E-state index in [0.717, 1.165) is 17.1 Å². The van der Waals surface area contributed by atoms with Gasteiger partial charge >= 0.3 is 6.03 Å². The van der Waals surface area contributed by atoms with Crippen LogP contribution < -0.4 is 10.6 Å². The Morgan fingerprint density at radius 2 is 2.08 bits per heavy atom. The van der Waals surface area contributed by atoms with Gasteiger partial charge in [-0.05, 0) is 53.2 Å². The Labute approximate surface area is 147 Å². The van der Waals surface area contributed by atoms with Gasteiger partial charge in [0.05, 0.1) is 23.1 Å². The van der Waals surface area contributed by atoms with Crippen LogP contribution in [-0.4, -0.2) is 41.4 Å². The third-order valence-electron chi connectivity index (χ3n) is 4.00. The van der Waals surface area contributed by atoms with Crippen molar-refractivity contribution in [2.75, 3.05) is 26.0 Å². The Kier molecular flexibility index (Phi) is 6.01. The first kappa shape index (κ1) is 18.5. The summed E-state index contributed by atoms with van der Waals surface area (Å²) < 4.78 is 1.93.